The van der Waals surface area contributed by atoms with E-state index in [0.29, 0.717) is 22.6 Å². The molecule has 6 heteroatoms. The largest absolute Gasteiger partial charge is 0.484 e. The molecule has 1 unspecified atom stereocenters. The van der Waals surface area contributed by atoms with Gasteiger partial charge in [0.15, 0.2) is 6.61 Å². The van der Waals surface area contributed by atoms with E-state index >= 15 is 0 Å². The van der Waals surface area contributed by atoms with E-state index in [0.717, 1.165) is 5.56 Å². The number of benzene rings is 3. The van der Waals surface area contributed by atoms with Crippen LogP contribution < -0.4 is 15.4 Å². The normalized spacial score (nSPS) is 11.1. The first-order valence-electron chi connectivity index (χ1n) is 9.44. The zero-order valence-corrected chi connectivity index (χ0v) is 16.5. The van der Waals surface area contributed by atoms with Crippen LogP contribution in [0.1, 0.15) is 34.5 Å². The Kier molecular flexibility index (Phi) is 6.80. The van der Waals surface area contributed by atoms with Crippen molar-refractivity contribution in [1.29, 1.82) is 5.26 Å². The zero-order chi connectivity index (χ0) is 21.3. The molecule has 1 atom stereocenters. The molecule has 0 bridgehead atoms. The van der Waals surface area contributed by atoms with Gasteiger partial charge in [-0.1, -0.05) is 42.5 Å². The van der Waals surface area contributed by atoms with E-state index in [9.17, 15) is 9.59 Å². The minimum absolute atomic E-state index is 0.179. The average molecular weight is 399 g/mol. The molecule has 0 aliphatic rings. The summed E-state index contributed by atoms with van der Waals surface area (Å²) in [5.74, 6) is -0.196. The van der Waals surface area contributed by atoms with Crippen LogP contribution in [0.15, 0.2) is 78.9 Å². The molecule has 2 N–H and O–H groups in total. The van der Waals surface area contributed by atoms with Crippen molar-refractivity contribution < 1.29 is 14.3 Å². The van der Waals surface area contributed by atoms with Gasteiger partial charge in [0.2, 0.25) is 0 Å². The number of hydrogen-bond donors (Lipinski definition) is 2. The molecule has 3 aromatic carbocycles. The molecule has 2 amide bonds. The van der Waals surface area contributed by atoms with E-state index in [2.05, 4.69) is 10.6 Å². The highest BCUT2D eigenvalue weighted by Gasteiger charge is 2.16. The van der Waals surface area contributed by atoms with Gasteiger partial charge in [-0.25, -0.2) is 0 Å². The van der Waals surface area contributed by atoms with E-state index in [-0.39, 0.29) is 18.6 Å². The van der Waals surface area contributed by atoms with Crippen molar-refractivity contribution in [3.8, 4) is 11.8 Å². The number of ether oxygens (including phenoxy) is 1. The molecule has 0 spiro atoms. The SMILES string of the molecule is CC(NC(=O)c1ccccc1NC(=O)COc1ccc(C#N)cc1)c1ccccc1. The van der Waals surface area contributed by atoms with Gasteiger partial charge >= 0.3 is 0 Å². The topological polar surface area (TPSA) is 91.2 Å². The minimum atomic E-state index is -0.393. The lowest BCUT2D eigenvalue weighted by Gasteiger charge is -2.16. The standard InChI is InChI=1S/C24H21N3O3/c1-17(19-7-3-2-4-8-19)26-24(29)21-9-5-6-10-22(21)27-23(28)16-30-20-13-11-18(15-25)12-14-20/h2-14,17H,16H2,1H3,(H,26,29)(H,27,28). The number of carbonyl (C=O) groups excluding carboxylic acids is 2. The van der Waals surface area contributed by atoms with Crippen molar-refractivity contribution >= 4 is 17.5 Å². The van der Waals surface area contributed by atoms with Gasteiger partial charge in [0.25, 0.3) is 11.8 Å². The lowest BCUT2D eigenvalue weighted by atomic mass is 10.1. The summed E-state index contributed by atoms with van der Waals surface area (Å²) >= 11 is 0. The Morgan fingerprint density at radius 3 is 2.33 bits per heavy atom. The fraction of sp³-hybridized carbons (Fsp3) is 0.125. The third kappa shape index (κ3) is 5.46. The second kappa shape index (κ2) is 9.89. The molecule has 0 aromatic heterocycles. The summed E-state index contributed by atoms with van der Waals surface area (Å²) < 4.78 is 5.44. The molecule has 6 nitrogen and oxygen atoms in total. The molecule has 0 aliphatic heterocycles. The Hall–Kier alpha value is -4.11. The highest BCUT2D eigenvalue weighted by Crippen LogP contribution is 2.18. The number of rotatable bonds is 7. The van der Waals surface area contributed by atoms with E-state index in [1.54, 1.807) is 48.5 Å². The summed E-state index contributed by atoms with van der Waals surface area (Å²) in [4.78, 5) is 25.1. The number of hydrogen-bond acceptors (Lipinski definition) is 4. The van der Waals surface area contributed by atoms with Crippen LogP contribution >= 0.6 is 0 Å². The predicted octanol–water partition coefficient (Wildman–Crippen LogP) is 4.07. The average Bonchev–Trinajstić information content (AvgIpc) is 2.79. The fourth-order valence-electron chi connectivity index (χ4n) is 2.85. The lowest BCUT2D eigenvalue weighted by Crippen LogP contribution is -2.28. The second-order valence-electron chi connectivity index (χ2n) is 6.62. The molecule has 3 aromatic rings. The molecule has 0 radical (unpaired) electrons. The maximum Gasteiger partial charge on any atom is 0.262 e. The Balaban J connectivity index is 1.62. The maximum atomic E-state index is 12.8. The molecular weight excluding hydrogens is 378 g/mol. The number of nitrogens with one attached hydrogen (secondary N) is 2. The minimum Gasteiger partial charge on any atom is -0.484 e. The molecule has 0 fully saturated rings. The van der Waals surface area contributed by atoms with Crippen molar-refractivity contribution in [2.45, 2.75) is 13.0 Å². The number of anilines is 1. The molecule has 0 aliphatic carbocycles. The van der Waals surface area contributed by atoms with Gasteiger partial charge in [0, 0.05) is 0 Å². The quantitative estimate of drug-likeness (QED) is 0.627. The highest BCUT2D eigenvalue weighted by atomic mass is 16.5. The van der Waals surface area contributed by atoms with Crippen LogP contribution in [-0.2, 0) is 4.79 Å². The van der Waals surface area contributed by atoms with Gasteiger partial charge in [-0.2, -0.15) is 5.26 Å². The molecule has 3 rings (SSSR count). The first kappa shape index (κ1) is 20.6. The number of nitriles is 1. The van der Waals surface area contributed by atoms with Crippen LogP contribution in [0.5, 0.6) is 5.75 Å². The smallest absolute Gasteiger partial charge is 0.262 e. The monoisotopic (exact) mass is 399 g/mol. The molecule has 150 valence electrons. The summed E-state index contributed by atoms with van der Waals surface area (Å²) in [6.45, 7) is 1.68. The van der Waals surface area contributed by atoms with Crippen molar-refractivity contribution in [2.75, 3.05) is 11.9 Å². The van der Waals surface area contributed by atoms with Gasteiger partial charge < -0.3 is 15.4 Å². The molecule has 0 heterocycles. The van der Waals surface area contributed by atoms with E-state index in [1.807, 2.05) is 43.3 Å². The van der Waals surface area contributed by atoms with Crippen LogP contribution in [0.3, 0.4) is 0 Å². The summed E-state index contributed by atoms with van der Waals surface area (Å²) in [5, 5.41) is 14.5. The summed E-state index contributed by atoms with van der Waals surface area (Å²) in [5.41, 5.74) is 2.27. The van der Waals surface area contributed by atoms with E-state index < -0.39 is 5.91 Å². The first-order chi connectivity index (χ1) is 14.6. The van der Waals surface area contributed by atoms with Crippen LogP contribution in [0.4, 0.5) is 5.69 Å². The predicted molar refractivity (Wildman–Crippen MR) is 114 cm³/mol. The Bertz CT molecular complexity index is 1060. The van der Waals surface area contributed by atoms with Crippen molar-refractivity contribution in [2.24, 2.45) is 0 Å². The zero-order valence-electron chi connectivity index (χ0n) is 16.5. The number of amides is 2. The highest BCUT2D eigenvalue weighted by molar-refractivity contribution is 6.04. The van der Waals surface area contributed by atoms with E-state index in [1.165, 1.54) is 0 Å². The second-order valence-corrected chi connectivity index (χ2v) is 6.62. The van der Waals surface area contributed by atoms with Crippen LogP contribution in [-0.4, -0.2) is 18.4 Å². The van der Waals surface area contributed by atoms with Crippen molar-refractivity contribution in [1.82, 2.24) is 5.32 Å². The first-order valence-corrected chi connectivity index (χ1v) is 9.44. The molecule has 0 saturated carbocycles. The van der Waals surface area contributed by atoms with Gasteiger partial charge in [0.05, 0.1) is 28.9 Å². The number of carbonyl (C=O) groups is 2. The summed E-state index contributed by atoms with van der Waals surface area (Å²) in [6, 6.07) is 24.8. The third-order valence-corrected chi connectivity index (χ3v) is 4.45. The van der Waals surface area contributed by atoms with Gasteiger partial charge in [0.1, 0.15) is 5.75 Å². The lowest BCUT2D eigenvalue weighted by molar-refractivity contribution is -0.118. The van der Waals surface area contributed by atoms with Crippen LogP contribution in [0.25, 0.3) is 0 Å². The Morgan fingerprint density at radius 1 is 0.967 bits per heavy atom. The van der Waals surface area contributed by atoms with Crippen molar-refractivity contribution in [3.05, 3.63) is 95.6 Å². The van der Waals surface area contributed by atoms with Crippen molar-refractivity contribution in [3.63, 3.8) is 0 Å². The van der Waals surface area contributed by atoms with E-state index in [4.69, 9.17) is 10.00 Å². The third-order valence-electron chi connectivity index (χ3n) is 4.45. The Labute approximate surface area is 175 Å². The molecular formula is C24H21N3O3. The molecule has 0 saturated heterocycles. The number of nitrogens with zero attached hydrogens (tertiary/aromatic N) is 1. The maximum absolute atomic E-state index is 12.8. The van der Waals surface area contributed by atoms with Gasteiger partial charge in [-0.3, -0.25) is 9.59 Å². The molecule has 30 heavy (non-hydrogen) atoms. The summed E-state index contributed by atoms with van der Waals surface area (Å²) in [7, 11) is 0. The van der Waals surface area contributed by atoms with Crippen LogP contribution in [0, 0.1) is 11.3 Å². The van der Waals surface area contributed by atoms with Gasteiger partial charge in [-0.05, 0) is 48.9 Å². The number of para-hydroxylation sites is 1. The fourth-order valence-corrected chi connectivity index (χ4v) is 2.85. The summed E-state index contributed by atoms with van der Waals surface area (Å²) in [6.07, 6.45) is 0. The van der Waals surface area contributed by atoms with Crippen LogP contribution in [0.2, 0.25) is 0 Å². The van der Waals surface area contributed by atoms with Gasteiger partial charge in [-0.15, -0.1) is 0 Å². The Morgan fingerprint density at radius 2 is 1.63 bits per heavy atom.